The summed E-state index contributed by atoms with van der Waals surface area (Å²) in [4.78, 5) is 37.6. The van der Waals surface area contributed by atoms with Gasteiger partial charge in [-0.3, -0.25) is 18.7 Å². The van der Waals surface area contributed by atoms with Crippen molar-refractivity contribution in [2.24, 2.45) is 7.05 Å². The van der Waals surface area contributed by atoms with E-state index in [1.54, 1.807) is 19.1 Å². The highest BCUT2D eigenvalue weighted by molar-refractivity contribution is 6.32. The van der Waals surface area contributed by atoms with Crippen molar-refractivity contribution >= 4 is 23.2 Å². The molecule has 7 nitrogen and oxygen atoms in total. The molecule has 2 N–H and O–H groups in total. The highest BCUT2D eigenvalue weighted by Crippen LogP contribution is 2.17. The van der Waals surface area contributed by atoms with Crippen LogP contribution in [0.25, 0.3) is 0 Å². The fraction of sp³-hybridized carbons (Fsp3) is 0.240. The molecule has 0 spiro atoms. The fourth-order valence-electron chi connectivity index (χ4n) is 3.15. The number of carbonyl (C=O) groups is 1. The van der Waals surface area contributed by atoms with Crippen molar-refractivity contribution in [2.45, 2.75) is 33.2 Å². The van der Waals surface area contributed by atoms with Crippen molar-refractivity contribution in [2.75, 3.05) is 5.32 Å². The van der Waals surface area contributed by atoms with E-state index in [0.29, 0.717) is 17.5 Å². The highest BCUT2D eigenvalue weighted by Gasteiger charge is 2.17. The van der Waals surface area contributed by atoms with Crippen molar-refractivity contribution in [1.29, 1.82) is 0 Å². The minimum Gasteiger partial charge on any atom is -0.508 e. The monoisotopic (exact) mass is 465 g/mol. The van der Waals surface area contributed by atoms with Crippen molar-refractivity contribution in [1.82, 2.24) is 9.13 Å². The van der Waals surface area contributed by atoms with Crippen molar-refractivity contribution < 1.29 is 9.90 Å². The number of anilines is 1. The first kappa shape index (κ1) is 23.9. The SMILES string of the molecule is Cc1ccc(CCC(=O)Nc2c(Cl)n(CC#Cc3ccc(O)c(C)c3)c(=O)n(C)c2=O)cc1. The zero-order valence-electron chi connectivity index (χ0n) is 18.6. The van der Waals surface area contributed by atoms with Gasteiger partial charge in [-0.05, 0) is 49.6 Å². The first-order valence-electron chi connectivity index (χ1n) is 10.3. The summed E-state index contributed by atoms with van der Waals surface area (Å²) >= 11 is 6.33. The average molecular weight is 466 g/mol. The third kappa shape index (κ3) is 5.73. The number of carbonyl (C=O) groups excluding carboxylic acids is 1. The zero-order chi connectivity index (χ0) is 24.1. The van der Waals surface area contributed by atoms with Crippen LogP contribution in [0, 0.1) is 25.7 Å². The van der Waals surface area contributed by atoms with E-state index in [1.807, 2.05) is 31.2 Å². The third-order valence-electron chi connectivity index (χ3n) is 5.17. The van der Waals surface area contributed by atoms with Crippen LogP contribution >= 0.6 is 11.6 Å². The molecule has 0 aliphatic rings. The van der Waals surface area contributed by atoms with Gasteiger partial charge in [-0.1, -0.05) is 53.3 Å². The zero-order valence-corrected chi connectivity index (χ0v) is 19.4. The molecule has 0 fully saturated rings. The summed E-state index contributed by atoms with van der Waals surface area (Å²) in [6.07, 6.45) is 0.656. The molecule has 0 bridgehead atoms. The lowest BCUT2D eigenvalue weighted by atomic mass is 10.1. The lowest BCUT2D eigenvalue weighted by Gasteiger charge is -2.13. The molecule has 1 heterocycles. The topological polar surface area (TPSA) is 93.3 Å². The number of aromatic nitrogens is 2. The van der Waals surface area contributed by atoms with E-state index in [2.05, 4.69) is 17.2 Å². The van der Waals surface area contributed by atoms with Crippen LogP contribution in [0.3, 0.4) is 0 Å². The minimum atomic E-state index is -0.688. The number of phenols is 1. The van der Waals surface area contributed by atoms with Gasteiger partial charge in [0.25, 0.3) is 5.56 Å². The number of rotatable bonds is 5. The van der Waals surface area contributed by atoms with E-state index in [-0.39, 0.29) is 35.5 Å². The van der Waals surface area contributed by atoms with Crippen LogP contribution in [-0.2, 0) is 24.8 Å². The lowest BCUT2D eigenvalue weighted by molar-refractivity contribution is -0.116. The van der Waals surface area contributed by atoms with Gasteiger partial charge in [0.1, 0.15) is 16.6 Å². The third-order valence-corrected chi connectivity index (χ3v) is 5.57. The van der Waals surface area contributed by atoms with Gasteiger partial charge in [0.2, 0.25) is 5.91 Å². The molecule has 0 unspecified atom stereocenters. The first-order chi connectivity index (χ1) is 15.7. The summed E-state index contributed by atoms with van der Waals surface area (Å²) in [6, 6.07) is 12.7. The van der Waals surface area contributed by atoms with E-state index in [1.165, 1.54) is 13.1 Å². The summed E-state index contributed by atoms with van der Waals surface area (Å²) in [5, 5.41) is 12.0. The van der Waals surface area contributed by atoms with Gasteiger partial charge in [0.05, 0.1) is 6.54 Å². The van der Waals surface area contributed by atoms with Crippen LogP contribution in [-0.4, -0.2) is 20.1 Å². The molecule has 1 amide bonds. The van der Waals surface area contributed by atoms with Crippen molar-refractivity contribution in [3.05, 3.63) is 90.7 Å². The number of hydrogen-bond acceptors (Lipinski definition) is 4. The highest BCUT2D eigenvalue weighted by atomic mass is 35.5. The molecule has 170 valence electrons. The molecule has 1 aromatic heterocycles. The Bertz CT molecular complexity index is 1380. The molecular formula is C25H24ClN3O4. The Balaban J connectivity index is 1.80. The molecule has 2 aromatic carbocycles. The van der Waals surface area contributed by atoms with Crippen molar-refractivity contribution in [3.8, 4) is 17.6 Å². The maximum atomic E-state index is 12.6. The average Bonchev–Trinajstić information content (AvgIpc) is 2.79. The van der Waals surface area contributed by atoms with Crippen LogP contribution in [0.15, 0.2) is 52.1 Å². The molecule has 3 rings (SSSR count). The number of halogens is 1. The number of benzene rings is 2. The Labute approximate surface area is 196 Å². The molecule has 3 aromatic rings. The summed E-state index contributed by atoms with van der Waals surface area (Å²) < 4.78 is 2.01. The van der Waals surface area contributed by atoms with Crippen molar-refractivity contribution in [3.63, 3.8) is 0 Å². The van der Waals surface area contributed by atoms with Gasteiger partial charge in [-0.15, -0.1) is 0 Å². The van der Waals surface area contributed by atoms with Crippen LogP contribution < -0.4 is 16.6 Å². The Morgan fingerprint density at radius 3 is 2.48 bits per heavy atom. The number of aromatic hydroxyl groups is 1. The van der Waals surface area contributed by atoms with Gasteiger partial charge in [0, 0.05) is 19.0 Å². The maximum Gasteiger partial charge on any atom is 0.332 e. The van der Waals surface area contributed by atoms with Crippen LogP contribution in [0.1, 0.15) is 28.7 Å². The summed E-state index contributed by atoms with van der Waals surface area (Å²) in [5.41, 5.74) is 1.98. The second kappa shape index (κ2) is 10.2. The maximum absolute atomic E-state index is 12.6. The number of nitrogens with zero attached hydrogens (tertiary/aromatic N) is 2. The largest absolute Gasteiger partial charge is 0.508 e. The molecule has 33 heavy (non-hydrogen) atoms. The predicted molar refractivity (Wildman–Crippen MR) is 129 cm³/mol. The van der Waals surface area contributed by atoms with Crippen LogP contribution in [0.2, 0.25) is 5.15 Å². The molecular weight excluding hydrogens is 442 g/mol. The molecule has 0 aliphatic carbocycles. The summed E-state index contributed by atoms with van der Waals surface area (Å²) in [7, 11) is 1.32. The van der Waals surface area contributed by atoms with Gasteiger partial charge < -0.3 is 10.4 Å². The number of nitrogens with one attached hydrogen (secondary N) is 1. The Morgan fingerprint density at radius 2 is 1.82 bits per heavy atom. The number of aryl methyl sites for hydroxylation is 3. The first-order valence-corrected chi connectivity index (χ1v) is 10.7. The molecule has 0 aliphatic heterocycles. The predicted octanol–water partition coefficient (Wildman–Crippen LogP) is 3.15. The van der Waals surface area contributed by atoms with E-state index in [0.717, 1.165) is 20.3 Å². The van der Waals surface area contributed by atoms with Gasteiger partial charge in [-0.2, -0.15) is 0 Å². The lowest BCUT2D eigenvalue weighted by Crippen LogP contribution is -2.40. The number of amides is 1. The Kier molecular flexibility index (Phi) is 7.41. The molecule has 0 saturated carbocycles. The van der Waals surface area contributed by atoms with E-state index in [4.69, 9.17) is 11.6 Å². The summed E-state index contributed by atoms with van der Waals surface area (Å²) in [5.74, 6) is 5.53. The smallest absolute Gasteiger partial charge is 0.332 e. The summed E-state index contributed by atoms with van der Waals surface area (Å²) in [6.45, 7) is 3.65. The number of hydrogen-bond donors (Lipinski definition) is 2. The van der Waals surface area contributed by atoms with E-state index >= 15 is 0 Å². The van der Waals surface area contributed by atoms with E-state index < -0.39 is 11.2 Å². The van der Waals surface area contributed by atoms with Gasteiger partial charge in [0.15, 0.2) is 0 Å². The fourth-order valence-corrected chi connectivity index (χ4v) is 3.41. The quantitative estimate of drug-likeness (QED) is 0.447. The van der Waals surface area contributed by atoms with Gasteiger partial charge in [-0.25, -0.2) is 4.79 Å². The molecule has 0 saturated heterocycles. The molecule has 0 atom stereocenters. The number of phenolic OH excluding ortho intramolecular Hbond substituents is 1. The Morgan fingerprint density at radius 1 is 1.12 bits per heavy atom. The molecule has 0 radical (unpaired) electrons. The minimum absolute atomic E-state index is 0.0854. The second-order valence-corrected chi connectivity index (χ2v) is 8.09. The van der Waals surface area contributed by atoms with E-state index in [9.17, 15) is 19.5 Å². The standard InChI is InChI=1S/C25H24ClN3O4/c1-16-6-8-18(9-7-16)11-13-21(31)27-22-23(26)29(25(33)28(3)24(22)32)14-4-5-19-10-12-20(30)17(2)15-19/h6-10,12,15,30H,11,13-14H2,1-3H3,(H,27,31). The molecule has 8 heteroatoms. The second-order valence-electron chi connectivity index (χ2n) is 7.74. The van der Waals surface area contributed by atoms with Gasteiger partial charge >= 0.3 is 5.69 Å². The van der Waals surface area contributed by atoms with Crippen LogP contribution in [0.4, 0.5) is 5.69 Å². The Hall–Kier alpha value is -3.76. The van der Waals surface area contributed by atoms with Crippen LogP contribution in [0.5, 0.6) is 5.75 Å². The normalized spacial score (nSPS) is 10.4.